The molecule has 1 aromatic heterocycles. The normalized spacial score (nSPS) is 22.9. The molecule has 20 heavy (non-hydrogen) atoms. The van der Waals surface area contributed by atoms with Gasteiger partial charge in [-0.05, 0) is 19.3 Å². The number of nitrogens with zero attached hydrogens (tertiary/aromatic N) is 2. The van der Waals surface area contributed by atoms with Gasteiger partial charge >= 0.3 is 0 Å². The molecule has 6 nitrogen and oxygen atoms in total. The minimum absolute atomic E-state index is 0.0901. The number of hydrogen-bond donors (Lipinski definition) is 2. The Kier molecular flexibility index (Phi) is 4.32. The molecule has 3 heterocycles. The summed E-state index contributed by atoms with van der Waals surface area (Å²) in [6.07, 6.45) is 6.25. The summed E-state index contributed by atoms with van der Waals surface area (Å²) >= 11 is 0. The van der Waals surface area contributed by atoms with E-state index >= 15 is 0 Å². The van der Waals surface area contributed by atoms with E-state index in [1.807, 2.05) is 6.20 Å². The number of amides is 1. The summed E-state index contributed by atoms with van der Waals surface area (Å²) < 4.78 is 7.69. The van der Waals surface area contributed by atoms with Crippen LogP contribution in [0.4, 0.5) is 0 Å². The highest BCUT2D eigenvalue weighted by Crippen LogP contribution is 2.12. The zero-order valence-corrected chi connectivity index (χ0v) is 11.7. The van der Waals surface area contributed by atoms with Crippen LogP contribution in [0.15, 0.2) is 6.20 Å². The van der Waals surface area contributed by atoms with Gasteiger partial charge in [0.15, 0.2) is 0 Å². The van der Waals surface area contributed by atoms with E-state index in [4.69, 9.17) is 4.74 Å². The van der Waals surface area contributed by atoms with Gasteiger partial charge in [0.05, 0.1) is 6.10 Å². The first-order valence-corrected chi connectivity index (χ1v) is 7.49. The Labute approximate surface area is 118 Å². The van der Waals surface area contributed by atoms with Crippen molar-refractivity contribution in [2.45, 2.75) is 38.3 Å². The smallest absolute Gasteiger partial charge is 0.271 e. The average Bonchev–Trinajstić information content (AvgIpc) is 2.77. The summed E-state index contributed by atoms with van der Waals surface area (Å²) in [5.74, 6) is 0.904. The predicted octanol–water partition coefficient (Wildman–Crippen LogP) is 0.328. The number of aromatic nitrogens is 2. The topological polar surface area (TPSA) is 68.2 Å². The van der Waals surface area contributed by atoms with E-state index in [0.29, 0.717) is 12.2 Å². The van der Waals surface area contributed by atoms with Crippen LogP contribution in [0.2, 0.25) is 0 Å². The Balaban J connectivity index is 1.56. The first-order chi connectivity index (χ1) is 9.83. The molecule has 1 atom stereocenters. The van der Waals surface area contributed by atoms with Crippen LogP contribution < -0.4 is 10.6 Å². The standard InChI is InChI=1S/C14H22N4O2/c19-14(16-9-11-3-1-2-8-20-11)12-10-18-7-6-15-5-4-13(18)17-12/h10-11,15H,1-9H2,(H,16,19). The fraction of sp³-hybridized carbons (Fsp3) is 0.714. The molecule has 2 N–H and O–H groups in total. The zero-order valence-electron chi connectivity index (χ0n) is 11.7. The zero-order chi connectivity index (χ0) is 13.8. The summed E-state index contributed by atoms with van der Waals surface area (Å²) in [5.41, 5.74) is 0.526. The van der Waals surface area contributed by atoms with E-state index in [1.54, 1.807) is 0 Å². The lowest BCUT2D eigenvalue weighted by atomic mass is 10.1. The number of carbonyl (C=O) groups is 1. The van der Waals surface area contributed by atoms with Crippen molar-refractivity contribution in [3.8, 4) is 0 Å². The predicted molar refractivity (Wildman–Crippen MR) is 74.7 cm³/mol. The molecule has 1 fully saturated rings. The highest BCUT2D eigenvalue weighted by Gasteiger charge is 2.18. The molecular formula is C14H22N4O2. The van der Waals surface area contributed by atoms with Crippen molar-refractivity contribution in [2.75, 3.05) is 26.2 Å². The number of nitrogens with one attached hydrogen (secondary N) is 2. The summed E-state index contributed by atoms with van der Waals surface area (Å²) in [4.78, 5) is 16.6. The number of imidazole rings is 1. The van der Waals surface area contributed by atoms with Gasteiger partial charge in [-0.15, -0.1) is 0 Å². The minimum Gasteiger partial charge on any atom is -0.376 e. The Morgan fingerprint density at radius 2 is 2.45 bits per heavy atom. The molecule has 1 amide bonds. The van der Waals surface area contributed by atoms with Crippen LogP contribution in [0.5, 0.6) is 0 Å². The van der Waals surface area contributed by atoms with E-state index in [1.165, 1.54) is 6.42 Å². The molecule has 0 aromatic carbocycles. The van der Waals surface area contributed by atoms with E-state index in [0.717, 1.165) is 51.3 Å². The van der Waals surface area contributed by atoms with Crippen LogP contribution in [0.1, 0.15) is 35.6 Å². The molecule has 0 saturated carbocycles. The van der Waals surface area contributed by atoms with Gasteiger partial charge in [0.25, 0.3) is 5.91 Å². The maximum absolute atomic E-state index is 12.1. The van der Waals surface area contributed by atoms with E-state index in [9.17, 15) is 4.79 Å². The van der Waals surface area contributed by atoms with Gasteiger partial charge in [-0.3, -0.25) is 4.79 Å². The van der Waals surface area contributed by atoms with Gasteiger partial charge in [-0.25, -0.2) is 4.98 Å². The lowest BCUT2D eigenvalue weighted by Gasteiger charge is -2.22. The van der Waals surface area contributed by atoms with Crippen molar-refractivity contribution < 1.29 is 9.53 Å². The molecule has 1 unspecified atom stereocenters. The largest absolute Gasteiger partial charge is 0.376 e. The van der Waals surface area contributed by atoms with Crippen LogP contribution >= 0.6 is 0 Å². The van der Waals surface area contributed by atoms with Crippen molar-refractivity contribution in [1.82, 2.24) is 20.2 Å². The molecule has 2 aliphatic rings. The molecule has 110 valence electrons. The number of fused-ring (bicyclic) bond motifs is 1. The minimum atomic E-state index is -0.0901. The first kappa shape index (κ1) is 13.6. The summed E-state index contributed by atoms with van der Waals surface area (Å²) in [6.45, 7) is 4.13. The van der Waals surface area contributed by atoms with Crippen molar-refractivity contribution >= 4 is 5.91 Å². The van der Waals surface area contributed by atoms with Crippen LogP contribution in [-0.2, 0) is 17.7 Å². The third-order valence-corrected chi connectivity index (χ3v) is 3.91. The van der Waals surface area contributed by atoms with Gasteiger partial charge in [0, 0.05) is 45.4 Å². The molecule has 1 saturated heterocycles. The average molecular weight is 278 g/mol. The second-order valence-corrected chi connectivity index (χ2v) is 5.43. The molecule has 0 bridgehead atoms. The molecule has 6 heteroatoms. The van der Waals surface area contributed by atoms with Gasteiger partial charge in [0.1, 0.15) is 11.5 Å². The van der Waals surface area contributed by atoms with E-state index in [2.05, 4.69) is 20.2 Å². The van der Waals surface area contributed by atoms with Gasteiger partial charge in [-0.1, -0.05) is 0 Å². The number of ether oxygens (including phenoxy) is 1. The van der Waals surface area contributed by atoms with Crippen molar-refractivity contribution in [1.29, 1.82) is 0 Å². The third-order valence-electron chi connectivity index (χ3n) is 3.91. The third kappa shape index (κ3) is 3.19. The van der Waals surface area contributed by atoms with Crippen molar-refractivity contribution in [3.05, 3.63) is 17.7 Å². The maximum Gasteiger partial charge on any atom is 0.271 e. The highest BCUT2D eigenvalue weighted by molar-refractivity contribution is 5.92. The van der Waals surface area contributed by atoms with E-state index < -0.39 is 0 Å². The summed E-state index contributed by atoms with van der Waals surface area (Å²) in [6, 6.07) is 0. The number of hydrogen-bond acceptors (Lipinski definition) is 4. The van der Waals surface area contributed by atoms with Gasteiger partial charge in [-0.2, -0.15) is 0 Å². The van der Waals surface area contributed by atoms with Crippen LogP contribution in [-0.4, -0.2) is 47.8 Å². The second-order valence-electron chi connectivity index (χ2n) is 5.43. The molecule has 1 aromatic rings. The van der Waals surface area contributed by atoms with Gasteiger partial charge < -0.3 is 19.9 Å². The summed E-state index contributed by atoms with van der Waals surface area (Å²) in [5, 5.41) is 6.26. The first-order valence-electron chi connectivity index (χ1n) is 7.49. The molecule has 3 rings (SSSR count). The lowest BCUT2D eigenvalue weighted by molar-refractivity contribution is 0.0168. The highest BCUT2D eigenvalue weighted by atomic mass is 16.5. The Hall–Kier alpha value is -1.40. The monoisotopic (exact) mass is 278 g/mol. The fourth-order valence-corrected chi connectivity index (χ4v) is 2.75. The molecular weight excluding hydrogens is 256 g/mol. The molecule has 2 aliphatic heterocycles. The van der Waals surface area contributed by atoms with Crippen LogP contribution in [0.25, 0.3) is 0 Å². The number of carbonyl (C=O) groups excluding carboxylic acids is 1. The van der Waals surface area contributed by atoms with Gasteiger partial charge in [0.2, 0.25) is 0 Å². The van der Waals surface area contributed by atoms with Crippen molar-refractivity contribution in [2.24, 2.45) is 0 Å². The SMILES string of the molecule is O=C(NCC1CCCCO1)c1cn2c(n1)CCNCC2. The fourth-order valence-electron chi connectivity index (χ4n) is 2.75. The summed E-state index contributed by atoms with van der Waals surface area (Å²) in [7, 11) is 0. The quantitative estimate of drug-likeness (QED) is 0.836. The molecule has 0 spiro atoms. The molecule has 0 aliphatic carbocycles. The Morgan fingerprint density at radius 3 is 3.30 bits per heavy atom. The Morgan fingerprint density at radius 1 is 1.50 bits per heavy atom. The van der Waals surface area contributed by atoms with Crippen LogP contribution in [0.3, 0.4) is 0 Å². The lowest BCUT2D eigenvalue weighted by Crippen LogP contribution is -2.35. The Bertz CT molecular complexity index is 442. The van der Waals surface area contributed by atoms with E-state index in [-0.39, 0.29) is 12.0 Å². The maximum atomic E-state index is 12.1. The van der Waals surface area contributed by atoms with Crippen molar-refractivity contribution in [3.63, 3.8) is 0 Å². The van der Waals surface area contributed by atoms with Crippen LogP contribution in [0, 0.1) is 0 Å². The molecule has 0 radical (unpaired) electrons. The second kappa shape index (κ2) is 6.37. The number of rotatable bonds is 3.